The average molecular weight is 314 g/mol. The summed E-state index contributed by atoms with van der Waals surface area (Å²) in [7, 11) is 0. The van der Waals surface area contributed by atoms with E-state index in [2.05, 4.69) is 22.4 Å². The van der Waals surface area contributed by atoms with Gasteiger partial charge in [0.05, 0.1) is 38.6 Å². The third-order valence-electron chi connectivity index (χ3n) is 3.15. The third kappa shape index (κ3) is 2.85. The van der Waals surface area contributed by atoms with Crippen LogP contribution in [0.4, 0.5) is 5.69 Å². The number of nitrogens with zero attached hydrogens (tertiary/aromatic N) is 2. The molecule has 1 N–H and O–H groups in total. The van der Waals surface area contributed by atoms with Crippen LogP contribution < -0.4 is 5.32 Å². The highest BCUT2D eigenvalue weighted by Gasteiger charge is 2.13. The van der Waals surface area contributed by atoms with Crippen molar-refractivity contribution in [2.45, 2.75) is 13.0 Å². The van der Waals surface area contributed by atoms with E-state index in [1.54, 1.807) is 29.5 Å². The van der Waals surface area contributed by atoms with Crippen molar-refractivity contribution >= 4 is 38.8 Å². The molecule has 0 radical (unpaired) electrons. The molecule has 104 valence electrons. The fourth-order valence-corrected chi connectivity index (χ4v) is 3.22. The number of benzene rings is 2. The van der Waals surface area contributed by atoms with Gasteiger partial charge in [0, 0.05) is 0 Å². The molecule has 3 rings (SSSR count). The summed E-state index contributed by atoms with van der Waals surface area (Å²) in [5, 5.41) is 13.9. The Morgan fingerprint density at radius 1 is 1.29 bits per heavy atom. The molecule has 0 spiro atoms. The zero-order valence-electron chi connectivity index (χ0n) is 11.3. The molecule has 0 fully saturated rings. The van der Waals surface area contributed by atoms with Gasteiger partial charge in [0.2, 0.25) is 0 Å². The second-order valence-corrected chi connectivity index (χ2v) is 6.16. The lowest BCUT2D eigenvalue weighted by molar-refractivity contribution is 0.874. The number of halogens is 1. The summed E-state index contributed by atoms with van der Waals surface area (Å²) in [4.78, 5) is 4.63. The first-order valence-corrected chi connectivity index (χ1v) is 7.68. The first-order valence-electron chi connectivity index (χ1n) is 6.49. The van der Waals surface area contributed by atoms with Crippen LogP contribution in [0, 0.1) is 11.3 Å². The number of nitriles is 1. The fourth-order valence-electron chi connectivity index (χ4n) is 2.08. The highest BCUT2D eigenvalue weighted by atomic mass is 35.5. The zero-order chi connectivity index (χ0) is 14.8. The number of rotatable bonds is 3. The molecule has 2 aromatic carbocycles. The second kappa shape index (κ2) is 5.72. The van der Waals surface area contributed by atoms with E-state index < -0.39 is 0 Å². The molecule has 0 saturated heterocycles. The van der Waals surface area contributed by atoms with Crippen LogP contribution >= 0.6 is 22.9 Å². The summed E-state index contributed by atoms with van der Waals surface area (Å²) in [6, 6.07) is 15.4. The second-order valence-electron chi connectivity index (χ2n) is 4.69. The smallest absolute Gasteiger partial charge is 0.116 e. The normalized spacial score (nSPS) is 12.0. The summed E-state index contributed by atoms with van der Waals surface area (Å²) in [6.45, 7) is 2.03. The summed E-state index contributed by atoms with van der Waals surface area (Å²) >= 11 is 7.83. The molecule has 3 aromatic rings. The van der Waals surface area contributed by atoms with E-state index >= 15 is 0 Å². The lowest BCUT2D eigenvalue weighted by Gasteiger charge is -2.14. The number of hydrogen-bond acceptors (Lipinski definition) is 4. The van der Waals surface area contributed by atoms with Crippen molar-refractivity contribution in [2.24, 2.45) is 0 Å². The molecule has 0 amide bonds. The summed E-state index contributed by atoms with van der Waals surface area (Å²) in [6.07, 6.45) is 0. The van der Waals surface area contributed by atoms with Crippen LogP contribution in [-0.2, 0) is 0 Å². The number of thiazole rings is 1. The molecule has 3 nitrogen and oxygen atoms in total. The van der Waals surface area contributed by atoms with Crippen molar-refractivity contribution in [3.63, 3.8) is 0 Å². The predicted octanol–water partition coefficient (Wildman–Crippen LogP) is 4.99. The molecule has 0 saturated carbocycles. The molecular weight excluding hydrogens is 302 g/mol. The van der Waals surface area contributed by atoms with Crippen molar-refractivity contribution in [1.82, 2.24) is 4.98 Å². The van der Waals surface area contributed by atoms with Crippen LogP contribution in [0.1, 0.15) is 23.5 Å². The largest absolute Gasteiger partial charge is 0.375 e. The van der Waals surface area contributed by atoms with E-state index in [1.165, 1.54) is 0 Å². The van der Waals surface area contributed by atoms with Gasteiger partial charge in [-0.1, -0.05) is 23.7 Å². The minimum atomic E-state index is 0.0221. The molecule has 1 unspecified atom stereocenters. The molecule has 0 bridgehead atoms. The Bertz CT molecular complexity index is 802. The van der Waals surface area contributed by atoms with Gasteiger partial charge in [0.25, 0.3) is 0 Å². The van der Waals surface area contributed by atoms with Crippen molar-refractivity contribution in [2.75, 3.05) is 5.32 Å². The van der Waals surface area contributed by atoms with Gasteiger partial charge in [0.15, 0.2) is 0 Å². The highest BCUT2D eigenvalue weighted by molar-refractivity contribution is 7.18. The molecule has 0 aliphatic rings. The molecule has 1 atom stereocenters. The quantitative estimate of drug-likeness (QED) is 0.740. The Hall–Kier alpha value is -2.09. The molecule has 1 aromatic heterocycles. The minimum absolute atomic E-state index is 0.0221. The number of aromatic nitrogens is 1. The number of anilines is 1. The van der Waals surface area contributed by atoms with Gasteiger partial charge in [-0.05, 0) is 37.3 Å². The van der Waals surface area contributed by atoms with Crippen LogP contribution in [0.25, 0.3) is 10.2 Å². The zero-order valence-corrected chi connectivity index (χ0v) is 12.9. The Labute approximate surface area is 131 Å². The molecular formula is C16H12ClN3S. The van der Waals surface area contributed by atoms with Gasteiger partial charge in [0.1, 0.15) is 5.01 Å². The molecule has 0 aliphatic carbocycles. The van der Waals surface area contributed by atoms with Crippen molar-refractivity contribution in [1.29, 1.82) is 5.26 Å². The maximum atomic E-state index is 8.97. The lowest BCUT2D eigenvalue weighted by Crippen LogP contribution is -2.06. The number of para-hydroxylation sites is 1. The Morgan fingerprint density at radius 3 is 2.86 bits per heavy atom. The van der Waals surface area contributed by atoms with Crippen molar-refractivity contribution in [3.05, 3.63) is 58.1 Å². The van der Waals surface area contributed by atoms with Gasteiger partial charge in [-0.15, -0.1) is 11.3 Å². The van der Waals surface area contributed by atoms with Gasteiger partial charge in [-0.25, -0.2) is 4.98 Å². The summed E-state index contributed by atoms with van der Waals surface area (Å²) in [5.74, 6) is 0. The van der Waals surface area contributed by atoms with E-state index in [4.69, 9.17) is 16.9 Å². The van der Waals surface area contributed by atoms with Crippen LogP contribution in [0.2, 0.25) is 5.02 Å². The Morgan fingerprint density at radius 2 is 2.10 bits per heavy atom. The number of hydrogen-bond donors (Lipinski definition) is 1. The topological polar surface area (TPSA) is 48.7 Å². The third-order valence-corrected chi connectivity index (χ3v) is 4.70. The molecule has 0 aliphatic heterocycles. The number of fused-ring (bicyclic) bond motifs is 1. The summed E-state index contributed by atoms with van der Waals surface area (Å²) < 4.78 is 1.16. The van der Waals surface area contributed by atoms with Gasteiger partial charge >= 0.3 is 0 Å². The van der Waals surface area contributed by atoms with Crippen LogP contribution in [-0.4, -0.2) is 4.98 Å². The van der Waals surface area contributed by atoms with Crippen molar-refractivity contribution in [3.8, 4) is 6.07 Å². The van der Waals surface area contributed by atoms with E-state index in [1.807, 2.05) is 25.1 Å². The van der Waals surface area contributed by atoms with E-state index in [-0.39, 0.29) is 6.04 Å². The molecule has 5 heteroatoms. The molecule has 21 heavy (non-hydrogen) atoms. The predicted molar refractivity (Wildman–Crippen MR) is 87.8 cm³/mol. The minimum Gasteiger partial charge on any atom is -0.375 e. The standard InChI is InChI=1S/C16H12ClN3S/c1-10(16-20-13-4-2-3-5-15(13)21-16)19-14-8-11(9-18)6-7-12(14)17/h2-8,10,19H,1H3. The summed E-state index contributed by atoms with van der Waals surface area (Å²) in [5.41, 5.74) is 2.34. The SMILES string of the molecule is CC(Nc1cc(C#N)ccc1Cl)c1nc2ccccc2s1. The maximum absolute atomic E-state index is 8.97. The lowest BCUT2D eigenvalue weighted by atomic mass is 10.2. The number of nitrogens with one attached hydrogen (secondary N) is 1. The average Bonchev–Trinajstić information content (AvgIpc) is 2.93. The Kier molecular flexibility index (Phi) is 3.78. The van der Waals surface area contributed by atoms with Crippen LogP contribution in [0.5, 0.6) is 0 Å². The van der Waals surface area contributed by atoms with Crippen molar-refractivity contribution < 1.29 is 0 Å². The van der Waals surface area contributed by atoms with Crippen LogP contribution in [0.3, 0.4) is 0 Å². The van der Waals surface area contributed by atoms with E-state index in [0.29, 0.717) is 10.6 Å². The fraction of sp³-hybridized carbons (Fsp3) is 0.125. The first kappa shape index (κ1) is 13.9. The van der Waals surface area contributed by atoms with Crippen LogP contribution in [0.15, 0.2) is 42.5 Å². The van der Waals surface area contributed by atoms with E-state index in [0.717, 1.165) is 20.9 Å². The first-order chi connectivity index (χ1) is 10.2. The van der Waals surface area contributed by atoms with Gasteiger partial charge in [-0.2, -0.15) is 5.26 Å². The highest BCUT2D eigenvalue weighted by Crippen LogP contribution is 2.31. The maximum Gasteiger partial charge on any atom is 0.116 e. The van der Waals surface area contributed by atoms with Gasteiger partial charge < -0.3 is 5.32 Å². The van der Waals surface area contributed by atoms with E-state index in [9.17, 15) is 0 Å². The molecule has 1 heterocycles. The van der Waals surface area contributed by atoms with Gasteiger partial charge in [-0.3, -0.25) is 0 Å². The Balaban J connectivity index is 1.89. The monoisotopic (exact) mass is 313 g/mol.